The maximum absolute atomic E-state index is 12.6. The second-order valence-electron chi connectivity index (χ2n) is 4.95. The summed E-state index contributed by atoms with van der Waals surface area (Å²) < 4.78 is 5.19. The number of nitrogens with one attached hydrogen (secondary N) is 1. The van der Waals surface area contributed by atoms with Gasteiger partial charge < -0.3 is 10.1 Å². The normalized spacial score (nSPS) is 9.96. The van der Waals surface area contributed by atoms with E-state index in [4.69, 9.17) is 10.00 Å². The number of hydrogen-bond acceptors (Lipinski definition) is 4. The monoisotopic (exact) mass is 334 g/mol. The molecule has 0 fully saturated rings. The maximum atomic E-state index is 12.6. The molecule has 0 saturated heterocycles. The summed E-state index contributed by atoms with van der Waals surface area (Å²) in [4.78, 5) is 13.2. The number of thiophene rings is 1. The molecule has 0 saturated carbocycles. The fraction of sp³-hybridized carbons (Fsp3) is 0.0526. The molecule has 24 heavy (non-hydrogen) atoms. The predicted molar refractivity (Wildman–Crippen MR) is 95.3 cm³/mol. The number of carbonyl (C=O) groups is 1. The van der Waals surface area contributed by atoms with Gasteiger partial charge in [0.1, 0.15) is 11.8 Å². The molecule has 1 N–H and O–H groups in total. The van der Waals surface area contributed by atoms with Gasteiger partial charge in [0.15, 0.2) is 6.61 Å². The summed E-state index contributed by atoms with van der Waals surface area (Å²) in [5.41, 5.74) is 2.62. The van der Waals surface area contributed by atoms with Gasteiger partial charge >= 0.3 is 0 Å². The van der Waals surface area contributed by atoms with E-state index in [1.54, 1.807) is 24.3 Å². The first-order chi connectivity index (χ1) is 11.8. The minimum Gasteiger partial charge on any atom is -0.479 e. The van der Waals surface area contributed by atoms with Gasteiger partial charge in [-0.15, -0.1) is 11.3 Å². The molecule has 4 nitrogen and oxygen atoms in total. The van der Waals surface area contributed by atoms with E-state index in [0.29, 0.717) is 16.3 Å². The molecule has 118 valence electrons. The van der Waals surface area contributed by atoms with E-state index >= 15 is 0 Å². The third kappa shape index (κ3) is 3.62. The van der Waals surface area contributed by atoms with Crippen molar-refractivity contribution in [1.29, 1.82) is 5.26 Å². The summed E-state index contributed by atoms with van der Waals surface area (Å²) in [6.07, 6.45) is 0. The highest BCUT2D eigenvalue weighted by Gasteiger charge is 2.14. The smallest absolute Gasteiger partial charge is 0.266 e. The Bertz CT molecular complexity index is 864. The zero-order chi connectivity index (χ0) is 16.8. The molecule has 0 radical (unpaired) electrons. The van der Waals surface area contributed by atoms with E-state index in [9.17, 15) is 4.79 Å². The third-order valence-electron chi connectivity index (χ3n) is 3.37. The molecule has 1 heterocycles. The number of hydrogen-bond donors (Lipinski definition) is 1. The van der Waals surface area contributed by atoms with Crippen LogP contribution in [0.1, 0.15) is 9.67 Å². The van der Waals surface area contributed by atoms with Gasteiger partial charge in [0, 0.05) is 11.3 Å². The average molecular weight is 334 g/mol. The highest BCUT2D eigenvalue weighted by molar-refractivity contribution is 7.12. The van der Waals surface area contributed by atoms with Crippen molar-refractivity contribution in [2.24, 2.45) is 0 Å². The molecule has 0 bridgehead atoms. The Morgan fingerprint density at radius 2 is 1.83 bits per heavy atom. The van der Waals surface area contributed by atoms with E-state index < -0.39 is 0 Å². The SMILES string of the molecule is N#CCOc1ccc(NC(=O)c2sccc2-c2ccccc2)cc1. The maximum Gasteiger partial charge on any atom is 0.266 e. The molecule has 0 atom stereocenters. The molecule has 5 heteroatoms. The lowest BCUT2D eigenvalue weighted by molar-refractivity contribution is 0.103. The van der Waals surface area contributed by atoms with Gasteiger partial charge in [-0.2, -0.15) is 5.26 Å². The standard InChI is InChI=1S/C19H14N2O2S/c20-11-12-23-16-8-6-15(7-9-16)21-19(22)18-17(10-13-24-18)14-4-2-1-3-5-14/h1-10,13H,12H2,(H,21,22). The number of amides is 1. The molecule has 1 aromatic heterocycles. The second kappa shape index (κ2) is 7.44. The average Bonchev–Trinajstić information content (AvgIpc) is 3.12. The van der Waals surface area contributed by atoms with E-state index in [1.807, 2.05) is 47.8 Å². The van der Waals surface area contributed by atoms with Gasteiger partial charge in [-0.1, -0.05) is 30.3 Å². The molecule has 3 aromatic rings. The van der Waals surface area contributed by atoms with E-state index in [-0.39, 0.29) is 12.5 Å². The molecule has 3 rings (SSSR count). The molecule has 0 spiro atoms. The molecule has 2 aromatic carbocycles. The number of nitriles is 1. The summed E-state index contributed by atoms with van der Waals surface area (Å²) in [5, 5.41) is 13.3. The first-order valence-electron chi connectivity index (χ1n) is 7.32. The van der Waals surface area contributed by atoms with Crippen LogP contribution in [0.25, 0.3) is 11.1 Å². The number of benzene rings is 2. The minimum atomic E-state index is -0.144. The van der Waals surface area contributed by atoms with Gasteiger partial charge in [-0.3, -0.25) is 4.79 Å². The molecular weight excluding hydrogens is 320 g/mol. The lowest BCUT2D eigenvalue weighted by Crippen LogP contribution is -2.11. The van der Waals surface area contributed by atoms with Crippen LogP contribution in [0.2, 0.25) is 0 Å². The Morgan fingerprint density at radius 1 is 1.08 bits per heavy atom. The van der Waals surface area contributed by atoms with Crippen LogP contribution < -0.4 is 10.1 Å². The van der Waals surface area contributed by atoms with E-state index in [2.05, 4.69) is 5.32 Å². The van der Waals surface area contributed by atoms with Crippen LogP contribution in [0.15, 0.2) is 66.0 Å². The van der Waals surface area contributed by atoms with Crippen molar-refractivity contribution in [3.05, 3.63) is 70.9 Å². The molecule has 0 aliphatic rings. The topological polar surface area (TPSA) is 62.1 Å². The van der Waals surface area contributed by atoms with Gasteiger partial charge in [0.25, 0.3) is 5.91 Å². The molecular formula is C19H14N2O2S. The third-order valence-corrected chi connectivity index (χ3v) is 4.28. The molecule has 1 amide bonds. The summed E-state index contributed by atoms with van der Waals surface area (Å²) in [6.45, 7) is 0.00133. The van der Waals surface area contributed by atoms with Crippen molar-refractivity contribution < 1.29 is 9.53 Å². The Labute approximate surface area is 143 Å². The minimum absolute atomic E-state index is 0.00133. The van der Waals surface area contributed by atoms with Crippen molar-refractivity contribution in [3.8, 4) is 22.9 Å². The second-order valence-corrected chi connectivity index (χ2v) is 5.87. The van der Waals surface area contributed by atoms with E-state index in [0.717, 1.165) is 11.1 Å². The number of ether oxygens (including phenoxy) is 1. The van der Waals surface area contributed by atoms with Gasteiger partial charge in [0.05, 0.1) is 4.88 Å². The number of anilines is 1. The summed E-state index contributed by atoms with van der Waals surface area (Å²) in [5.74, 6) is 0.449. The highest BCUT2D eigenvalue weighted by Crippen LogP contribution is 2.29. The predicted octanol–water partition coefficient (Wildman–Crippen LogP) is 4.57. The Morgan fingerprint density at radius 3 is 2.54 bits per heavy atom. The lowest BCUT2D eigenvalue weighted by Gasteiger charge is -2.07. The zero-order valence-corrected chi connectivity index (χ0v) is 13.5. The number of rotatable bonds is 5. The summed E-state index contributed by atoms with van der Waals surface area (Å²) in [7, 11) is 0. The fourth-order valence-electron chi connectivity index (χ4n) is 2.27. The van der Waals surface area contributed by atoms with Crippen LogP contribution in [0.4, 0.5) is 5.69 Å². The number of nitrogens with zero attached hydrogens (tertiary/aromatic N) is 1. The zero-order valence-electron chi connectivity index (χ0n) is 12.7. The van der Waals surface area contributed by atoms with Gasteiger partial charge in [-0.25, -0.2) is 0 Å². The quantitative estimate of drug-likeness (QED) is 0.743. The van der Waals surface area contributed by atoms with Crippen LogP contribution in [0.3, 0.4) is 0 Å². The van der Waals surface area contributed by atoms with Crippen LogP contribution in [0.5, 0.6) is 5.75 Å². The highest BCUT2D eigenvalue weighted by atomic mass is 32.1. The van der Waals surface area contributed by atoms with Crippen molar-refractivity contribution in [2.45, 2.75) is 0 Å². The molecule has 0 unspecified atom stereocenters. The van der Waals surface area contributed by atoms with Crippen LogP contribution in [-0.4, -0.2) is 12.5 Å². The first-order valence-corrected chi connectivity index (χ1v) is 8.20. The van der Waals surface area contributed by atoms with Gasteiger partial charge in [0.2, 0.25) is 0 Å². The first kappa shape index (κ1) is 15.8. The van der Waals surface area contributed by atoms with Crippen molar-refractivity contribution in [1.82, 2.24) is 0 Å². The lowest BCUT2D eigenvalue weighted by atomic mass is 10.1. The largest absolute Gasteiger partial charge is 0.479 e. The van der Waals surface area contributed by atoms with Crippen molar-refractivity contribution in [2.75, 3.05) is 11.9 Å². The molecule has 0 aliphatic carbocycles. The van der Waals surface area contributed by atoms with Crippen molar-refractivity contribution in [3.63, 3.8) is 0 Å². The molecule has 0 aliphatic heterocycles. The summed E-state index contributed by atoms with van der Waals surface area (Å²) >= 11 is 1.41. The van der Waals surface area contributed by atoms with Gasteiger partial charge in [-0.05, 0) is 41.3 Å². The van der Waals surface area contributed by atoms with Crippen molar-refractivity contribution >= 4 is 22.9 Å². The van der Waals surface area contributed by atoms with Crippen LogP contribution in [0, 0.1) is 11.3 Å². The van der Waals surface area contributed by atoms with Crippen LogP contribution in [-0.2, 0) is 0 Å². The van der Waals surface area contributed by atoms with Crippen LogP contribution >= 0.6 is 11.3 Å². The fourth-order valence-corrected chi connectivity index (χ4v) is 3.08. The Hall–Kier alpha value is -3.10. The van der Waals surface area contributed by atoms with E-state index in [1.165, 1.54) is 11.3 Å². The number of carbonyl (C=O) groups excluding carboxylic acids is 1. The Kier molecular flexibility index (Phi) is 4.90. The summed E-state index contributed by atoms with van der Waals surface area (Å²) in [6, 6.07) is 20.6. The Balaban J connectivity index is 1.74.